The summed E-state index contributed by atoms with van der Waals surface area (Å²) >= 11 is 0. The van der Waals surface area contributed by atoms with Crippen molar-refractivity contribution in [2.75, 3.05) is 20.6 Å². The van der Waals surface area contributed by atoms with Gasteiger partial charge in [0.15, 0.2) is 0 Å². The fraction of sp³-hybridized carbons (Fsp3) is 0.750. The van der Waals surface area contributed by atoms with Gasteiger partial charge in [-0.2, -0.15) is 5.90 Å². The van der Waals surface area contributed by atoms with E-state index in [4.69, 9.17) is 5.90 Å². The van der Waals surface area contributed by atoms with E-state index in [9.17, 15) is 4.79 Å². The van der Waals surface area contributed by atoms with Gasteiger partial charge in [-0.25, -0.2) is 0 Å². The van der Waals surface area contributed by atoms with E-state index in [0.717, 1.165) is 25.3 Å². The molecular formula is C12H24N4O2. The first-order valence-corrected chi connectivity index (χ1v) is 6.33. The summed E-state index contributed by atoms with van der Waals surface area (Å²) < 4.78 is 0. The van der Waals surface area contributed by atoms with Crippen LogP contribution in [0.15, 0.2) is 12.1 Å². The summed E-state index contributed by atoms with van der Waals surface area (Å²) in [6.07, 6.45) is 6.87. The van der Waals surface area contributed by atoms with Crippen LogP contribution >= 0.6 is 0 Å². The summed E-state index contributed by atoms with van der Waals surface area (Å²) in [4.78, 5) is 17.0. The fourth-order valence-corrected chi connectivity index (χ4v) is 2.39. The lowest BCUT2D eigenvalue weighted by Gasteiger charge is -2.30. The van der Waals surface area contributed by atoms with E-state index in [1.807, 2.05) is 0 Å². The third kappa shape index (κ3) is 5.37. The van der Waals surface area contributed by atoms with Crippen molar-refractivity contribution in [1.29, 1.82) is 0 Å². The minimum absolute atomic E-state index is 0.236. The van der Waals surface area contributed by atoms with Gasteiger partial charge in [-0.1, -0.05) is 0 Å². The Balaban J connectivity index is 2.28. The molecule has 6 heteroatoms. The molecule has 1 rings (SSSR count). The van der Waals surface area contributed by atoms with E-state index in [1.165, 1.54) is 12.8 Å². The Morgan fingerprint density at radius 1 is 1.39 bits per heavy atom. The van der Waals surface area contributed by atoms with Gasteiger partial charge in [-0.05, 0) is 45.7 Å². The number of hydrogen-bond acceptors (Lipinski definition) is 5. The molecule has 1 amide bonds. The van der Waals surface area contributed by atoms with Crippen molar-refractivity contribution in [3.63, 3.8) is 0 Å². The first-order valence-electron chi connectivity index (χ1n) is 6.33. The van der Waals surface area contributed by atoms with Crippen molar-refractivity contribution < 1.29 is 9.63 Å². The second kappa shape index (κ2) is 7.94. The molecule has 0 atom stereocenters. The van der Waals surface area contributed by atoms with Crippen molar-refractivity contribution in [3.05, 3.63) is 12.1 Å². The van der Waals surface area contributed by atoms with Crippen LogP contribution < -0.4 is 16.5 Å². The van der Waals surface area contributed by atoms with Crippen molar-refractivity contribution in [1.82, 2.24) is 15.5 Å². The molecule has 0 spiro atoms. The number of rotatable bonds is 7. The Labute approximate surface area is 108 Å². The lowest BCUT2D eigenvalue weighted by molar-refractivity contribution is -0.109. The molecule has 1 aliphatic rings. The first kappa shape index (κ1) is 14.8. The molecule has 0 aromatic carbocycles. The molecular weight excluding hydrogens is 232 g/mol. The molecule has 0 radical (unpaired) electrons. The molecule has 0 saturated heterocycles. The van der Waals surface area contributed by atoms with Crippen LogP contribution in [0.3, 0.4) is 0 Å². The number of carbonyl (C=O) groups excluding carboxylic acids is 1. The molecule has 1 aliphatic carbocycles. The second-order valence-electron chi connectivity index (χ2n) is 5.04. The van der Waals surface area contributed by atoms with Crippen LogP contribution in [0.1, 0.15) is 25.7 Å². The molecule has 0 aromatic heterocycles. The maximum Gasteiger partial charge on any atom is 0.233 e. The van der Waals surface area contributed by atoms with E-state index < -0.39 is 0 Å². The normalized spacial score (nSPS) is 24.8. The van der Waals surface area contributed by atoms with E-state index >= 15 is 0 Å². The van der Waals surface area contributed by atoms with E-state index in [0.29, 0.717) is 12.5 Å². The van der Waals surface area contributed by atoms with Gasteiger partial charge >= 0.3 is 0 Å². The summed E-state index contributed by atoms with van der Waals surface area (Å²) in [7, 11) is 4.23. The van der Waals surface area contributed by atoms with E-state index in [2.05, 4.69) is 34.5 Å². The van der Waals surface area contributed by atoms with E-state index in [-0.39, 0.29) is 5.88 Å². The van der Waals surface area contributed by atoms with Gasteiger partial charge in [0.05, 0.1) is 6.20 Å². The van der Waals surface area contributed by atoms with Crippen LogP contribution in [0.4, 0.5) is 0 Å². The van der Waals surface area contributed by atoms with Crippen LogP contribution in [0.2, 0.25) is 0 Å². The Hall–Kier alpha value is -1.27. The highest BCUT2D eigenvalue weighted by atomic mass is 16.6. The van der Waals surface area contributed by atoms with Crippen LogP contribution in [-0.2, 0) is 9.63 Å². The Morgan fingerprint density at radius 2 is 2.06 bits per heavy atom. The van der Waals surface area contributed by atoms with Crippen LogP contribution in [0.5, 0.6) is 0 Å². The van der Waals surface area contributed by atoms with E-state index in [1.54, 1.807) is 6.20 Å². The van der Waals surface area contributed by atoms with Crippen molar-refractivity contribution >= 4 is 6.41 Å². The van der Waals surface area contributed by atoms with Gasteiger partial charge < -0.3 is 15.1 Å². The minimum atomic E-state index is 0.236. The Kier molecular flexibility index (Phi) is 6.53. The lowest BCUT2D eigenvalue weighted by atomic mass is 9.86. The molecule has 0 aliphatic heterocycles. The fourth-order valence-electron chi connectivity index (χ4n) is 2.39. The van der Waals surface area contributed by atoms with Gasteiger partial charge in [-0.3, -0.25) is 10.1 Å². The van der Waals surface area contributed by atoms with Crippen LogP contribution in [0, 0.1) is 5.92 Å². The average molecular weight is 256 g/mol. The average Bonchev–Trinajstić information content (AvgIpc) is 2.35. The quantitative estimate of drug-likeness (QED) is 0.343. The summed E-state index contributed by atoms with van der Waals surface area (Å²) in [5.41, 5.74) is 0. The zero-order chi connectivity index (χ0) is 13.4. The molecule has 104 valence electrons. The van der Waals surface area contributed by atoms with Gasteiger partial charge in [-0.15, -0.1) is 0 Å². The molecule has 4 N–H and O–H groups in total. The molecule has 6 nitrogen and oxygen atoms in total. The zero-order valence-electron chi connectivity index (χ0n) is 11.2. The number of nitrogens with zero attached hydrogens (tertiary/aromatic N) is 1. The summed E-state index contributed by atoms with van der Waals surface area (Å²) in [5.74, 6) is 6.04. The van der Waals surface area contributed by atoms with Crippen LogP contribution in [-0.4, -0.2) is 38.0 Å². The number of carbonyl (C=O) groups is 1. The molecule has 0 aromatic rings. The SMILES string of the molecule is CN(C)CC1CCC(N/C=C(/NC=O)ON)CC1. The molecule has 18 heavy (non-hydrogen) atoms. The maximum atomic E-state index is 10.3. The summed E-state index contributed by atoms with van der Waals surface area (Å²) in [6.45, 7) is 1.16. The van der Waals surface area contributed by atoms with Gasteiger partial charge in [0.1, 0.15) is 0 Å². The third-order valence-corrected chi connectivity index (χ3v) is 3.25. The minimum Gasteiger partial charge on any atom is -0.392 e. The largest absolute Gasteiger partial charge is 0.392 e. The highest BCUT2D eigenvalue weighted by molar-refractivity contribution is 5.48. The standard InChI is InChI=1S/C12H24N4O2/c1-16(2)8-10-3-5-11(6-4-10)14-7-12(18-13)15-9-17/h7,9-11,14H,3-6,8,13H2,1-2H3,(H,15,17)/b12-7-. The molecule has 0 bridgehead atoms. The maximum absolute atomic E-state index is 10.3. The zero-order valence-corrected chi connectivity index (χ0v) is 11.2. The molecule has 1 fully saturated rings. The molecule has 0 heterocycles. The predicted octanol–water partition coefficient (Wildman–Crippen LogP) is 0.132. The monoisotopic (exact) mass is 256 g/mol. The van der Waals surface area contributed by atoms with Gasteiger partial charge in [0.2, 0.25) is 12.3 Å². The number of nitrogens with two attached hydrogens (primary N) is 1. The first-order chi connectivity index (χ1) is 8.65. The smallest absolute Gasteiger partial charge is 0.233 e. The number of amides is 1. The van der Waals surface area contributed by atoms with Crippen molar-refractivity contribution in [2.45, 2.75) is 31.7 Å². The summed E-state index contributed by atoms with van der Waals surface area (Å²) in [6, 6.07) is 0.432. The highest BCUT2D eigenvalue weighted by Gasteiger charge is 2.20. The third-order valence-electron chi connectivity index (χ3n) is 3.25. The second-order valence-corrected chi connectivity index (χ2v) is 5.04. The molecule has 0 unspecified atom stereocenters. The predicted molar refractivity (Wildman–Crippen MR) is 70.0 cm³/mol. The Morgan fingerprint density at radius 3 is 2.56 bits per heavy atom. The summed E-state index contributed by atoms with van der Waals surface area (Å²) in [5, 5.41) is 5.60. The van der Waals surface area contributed by atoms with Gasteiger partial charge in [0, 0.05) is 12.6 Å². The number of hydrogen-bond donors (Lipinski definition) is 3. The lowest BCUT2D eigenvalue weighted by Crippen LogP contribution is -2.34. The Bertz CT molecular complexity index is 273. The highest BCUT2D eigenvalue weighted by Crippen LogP contribution is 2.24. The van der Waals surface area contributed by atoms with Crippen LogP contribution in [0.25, 0.3) is 0 Å². The molecule has 1 saturated carbocycles. The topological polar surface area (TPSA) is 79.6 Å². The number of nitrogens with one attached hydrogen (secondary N) is 2. The van der Waals surface area contributed by atoms with Crippen molar-refractivity contribution in [2.24, 2.45) is 11.8 Å². The van der Waals surface area contributed by atoms with Crippen molar-refractivity contribution in [3.8, 4) is 0 Å². The van der Waals surface area contributed by atoms with Gasteiger partial charge in [0.25, 0.3) is 0 Å².